The standard InChI is InChI=1S/C56H62N12O4/c1-63-49-42(61-53(63)45-21-34-6-5-15-58-51(34)65(45)26-30-7-8-30)20-37(24-48(49)72-4)56(70)68-29-33-12-14-44(68)40(17-33)60-38-18-35-22-46(66(27-31-9-10-31)52(35)59-25-38)54-62-41-19-36(23-47(71-3)50(41)64(54)2)55(69)67-28-32-11-13-43(67)39(57)16-32/h5-6,15,18-25,30-33,39-40,43-44,60H,7-14,16-17,26-29,57H2,1-4H3/t32-,33+,39-,40+,43+,44-/m1/s1. The molecule has 8 aromatic rings. The summed E-state index contributed by atoms with van der Waals surface area (Å²) in [4.78, 5) is 53.5. The molecular weight excluding hydrogens is 905 g/mol. The molecule has 4 saturated carbocycles. The van der Waals surface area contributed by atoms with Crippen LogP contribution in [0.15, 0.2) is 67.0 Å². The third-order valence-corrected chi connectivity index (χ3v) is 17.4. The first-order chi connectivity index (χ1) is 35.1. The number of methoxy groups -OCH3 is 2. The van der Waals surface area contributed by atoms with Gasteiger partial charge in [-0.3, -0.25) is 9.59 Å². The number of aryl methyl sites for hydroxylation is 2. The summed E-state index contributed by atoms with van der Waals surface area (Å²) in [6.07, 6.45) is 14.7. The molecule has 4 bridgehead atoms. The van der Waals surface area contributed by atoms with E-state index in [1.54, 1.807) is 14.2 Å². The minimum Gasteiger partial charge on any atom is -0.494 e. The van der Waals surface area contributed by atoms with Crippen LogP contribution in [-0.4, -0.2) is 111 Å². The largest absolute Gasteiger partial charge is 0.494 e. The molecule has 2 amide bonds. The van der Waals surface area contributed by atoms with Gasteiger partial charge in [0.2, 0.25) is 0 Å². The van der Waals surface area contributed by atoms with Gasteiger partial charge in [0.05, 0.1) is 54.6 Å². The van der Waals surface area contributed by atoms with E-state index in [0.29, 0.717) is 46.3 Å². The number of rotatable bonds is 12. The molecule has 16 rings (SSSR count). The molecule has 2 aromatic carbocycles. The van der Waals surface area contributed by atoms with Crippen LogP contribution in [0, 0.1) is 23.7 Å². The Morgan fingerprint density at radius 1 is 0.667 bits per heavy atom. The van der Waals surface area contributed by atoms with E-state index in [2.05, 4.69) is 52.8 Å². The maximum absolute atomic E-state index is 14.8. The predicted molar refractivity (Wildman–Crippen MR) is 277 cm³/mol. The fourth-order valence-corrected chi connectivity index (χ4v) is 13.4. The summed E-state index contributed by atoms with van der Waals surface area (Å²) in [5.41, 5.74) is 15.7. The summed E-state index contributed by atoms with van der Waals surface area (Å²) < 4.78 is 20.9. The fraction of sp³-hybridized carbons (Fsp3) is 0.464. The molecule has 6 aromatic heterocycles. The molecule has 6 atom stereocenters. The third kappa shape index (κ3) is 7.09. The molecule has 8 aliphatic rings. The normalized spacial score (nSPS) is 23.8. The van der Waals surface area contributed by atoms with Gasteiger partial charge in [0.25, 0.3) is 11.8 Å². The van der Waals surface area contributed by atoms with Gasteiger partial charge in [-0.2, -0.15) is 0 Å². The Morgan fingerprint density at radius 2 is 1.22 bits per heavy atom. The van der Waals surface area contributed by atoms with Crippen LogP contribution in [0.25, 0.3) is 67.2 Å². The van der Waals surface area contributed by atoms with Crippen LogP contribution in [0.3, 0.4) is 0 Å². The number of fused-ring (bicyclic) bond motifs is 10. The SMILES string of the molecule is COc1cc(C(=O)N2C[C@H]3CC[C@@H]2[C@@H](Nc2cnc4c(c2)cc(-c2nc5cc(C(=O)N6C[C@@H]7CC[C@H]6[C@H](N)C7)cc(OC)c5n2C)n4CC2CC2)C3)cc2nc(-c3cc4cccnc4n3CC3CC3)n(C)c12. The van der Waals surface area contributed by atoms with Gasteiger partial charge in [-0.15, -0.1) is 0 Å². The van der Waals surface area contributed by atoms with Crippen molar-refractivity contribution in [1.29, 1.82) is 0 Å². The van der Waals surface area contributed by atoms with Gasteiger partial charge in [-0.1, -0.05) is 0 Å². The van der Waals surface area contributed by atoms with E-state index in [9.17, 15) is 9.59 Å². The highest BCUT2D eigenvalue weighted by Crippen LogP contribution is 2.43. The van der Waals surface area contributed by atoms with Crippen LogP contribution in [0.5, 0.6) is 11.5 Å². The van der Waals surface area contributed by atoms with Crippen LogP contribution in [0.1, 0.15) is 84.9 Å². The number of nitrogens with one attached hydrogen (secondary N) is 1. The first-order valence-corrected chi connectivity index (χ1v) is 26.3. The van der Waals surface area contributed by atoms with Crippen molar-refractivity contribution in [1.82, 2.24) is 48.0 Å². The fourth-order valence-electron chi connectivity index (χ4n) is 13.4. The van der Waals surface area contributed by atoms with Gasteiger partial charge >= 0.3 is 0 Å². The van der Waals surface area contributed by atoms with E-state index in [1.165, 1.54) is 25.7 Å². The van der Waals surface area contributed by atoms with Crippen LogP contribution >= 0.6 is 0 Å². The molecular formula is C56H62N12O4. The number of benzene rings is 2. The summed E-state index contributed by atoms with van der Waals surface area (Å²) >= 11 is 0. The van der Waals surface area contributed by atoms with Crippen molar-refractivity contribution in [3.05, 3.63) is 78.1 Å². The lowest BCUT2D eigenvalue weighted by molar-refractivity contribution is 0.0249. The first-order valence-electron chi connectivity index (χ1n) is 26.3. The topological polar surface area (TPSA) is 168 Å². The second kappa shape index (κ2) is 16.6. The van der Waals surface area contributed by atoms with Gasteiger partial charge in [0.1, 0.15) is 33.8 Å². The number of carbonyl (C=O) groups excluding carboxylic acids is 2. The molecule has 0 unspecified atom stereocenters. The number of hydrogen-bond acceptors (Lipinski definition) is 10. The Labute approximate surface area is 417 Å². The van der Waals surface area contributed by atoms with Crippen molar-refractivity contribution >= 4 is 61.6 Å². The first kappa shape index (κ1) is 43.8. The van der Waals surface area contributed by atoms with Crippen molar-refractivity contribution in [2.45, 2.75) is 101 Å². The van der Waals surface area contributed by atoms with Gasteiger partial charge in [0.15, 0.2) is 11.6 Å². The Morgan fingerprint density at radius 3 is 1.78 bits per heavy atom. The predicted octanol–water partition coefficient (Wildman–Crippen LogP) is 8.39. The molecule has 16 nitrogen and oxygen atoms in total. The maximum Gasteiger partial charge on any atom is 0.254 e. The Kier molecular flexibility index (Phi) is 10.1. The summed E-state index contributed by atoms with van der Waals surface area (Å²) in [7, 11) is 7.39. The van der Waals surface area contributed by atoms with Crippen LogP contribution in [-0.2, 0) is 27.2 Å². The number of amides is 2. The number of imidazole rings is 2. The molecule has 72 heavy (non-hydrogen) atoms. The average Bonchev–Trinajstić information content (AvgIpc) is 4.29. The smallest absolute Gasteiger partial charge is 0.254 e. The molecule has 3 N–H and O–H groups in total. The molecule has 0 radical (unpaired) electrons. The molecule has 8 fully saturated rings. The molecule has 10 heterocycles. The Hall–Kier alpha value is -6.94. The second-order valence-electron chi connectivity index (χ2n) is 22.1. The van der Waals surface area contributed by atoms with E-state index in [0.717, 1.165) is 138 Å². The van der Waals surface area contributed by atoms with Crippen molar-refractivity contribution < 1.29 is 19.1 Å². The summed E-state index contributed by atoms with van der Waals surface area (Å²) in [6.45, 7) is 3.23. The number of ether oxygens (including phenoxy) is 2. The van der Waals surface area contributed by atoms with Gasteiger partial charge < -0.3 is 48.6 Å². The van der Waals surface area contributed by atoms with E-state index in [4.69, 9.17) is 35.1 Å². The number of nitrogens with two attached hydrogens (primary N) is 1. The zero-order chi connectivity index (χ0) is 48.7. The number of aromatic nitrogens is 8. The average molecular weight is 967 g/mol. The highest BCUT2D eigenvalue weighted by atomic mass is 16.5. The summed E-state index contributed by atoms with van der Waals surface area (Å²) in [6, 6.07) is 18.5. The minimum absolute atomic E-state index is 0.00356. The molecule has 0 spiro atoms. The van der Waals surface area contributed by atoms with Crippen LogP contribution < -0.4 is 20.5 Å². The number of carbonyl (C=O) groups is 2. The van der Waals surface area contributed by atoms with E-state index in [1.807, 2.05) is 61.7 Å². The highest BCUT2D eigenvalue weighted by Gasteiger charge is 2.44. The molecule has 4 aliphatic heterocycles. The summed E-state index contributed by atoms with van der Waals surface area (Å²) in [5, 5.41) is 6.00. The molecule has 4 aliphatic carbocycles. The number of anilines is 1. The number of nitrogens with zero attached hydrogens (tertiary/aromatic N) is 10. The number of piperidine rings is 4. The highest BCUT2D eigenvalue weighted by molar-refractivity contribution is 6.02. The Bertz CT molecular complexity index is 3520. The van der Waals surface area contributed by atoms with Crippen molar-refractivity contribution in [2.75, 3.05) is 32.6 Å². The molecule has 370 valence electrons. The van der Waals surface area contributed by atoms with Crippen LogP contribution in [0.4, 0.5) is 5.69 Å². The summed E-state index contributed by atoms with van der Waals surface area (Å²) in [5.74, 6) is 4.95. The monoisotopic (exact) mass is 967 g/mol. The number of pyridine rings is 2. The van der Waals surface area contributed by atoms with Gasteiger partial charge in [0, 0.05) is 86.5 Å². The quantitative estimate of drug-likeness (QED) is 0.121. The number of hydrogen-bond donors (Lipinski definition) is 2. The van der Waals surface area contributed by atoms with Crippen molar-refractivity contribution in [2.24, 2.45) is 43.5 Å². The lowest BCUT2D eigenvalue weighted by Gasteiger charge is -2.50. The lowest BCUT2D eigenvalue weighted by Crippen LogP contribution is -2.60. The van der Waals surface area contributed by atoms with Gasteiger partial charge in [-0.05, 0) is 142 Å². The van der Waals surface area contributed by atoms with Gasteiger partial charge in [-0.25, -0.2) is 19.9 Å². The molecule has 4 saturated heterocycles. The zero-order valence-electron chi connectivity index (χ0n) is 41.6. The minimum atomic E-state index is -0.00356. The maximum atomic E-state index is 14.8. The van der Waals surface area contributed by atoms with E-state index < -0.39 is 0 Å². The second-order valence-corrected chi connectivity index (χ2v) is 22.1. The lowest BCUT2D eigenvalue weighted by atomic mass is 9.76. The Balaban J connectivity index is 0.756. The van der Waals surface area contributed by atoms with Crippen LogP contribution in [0.2, 0.25) is 0 Å². The van der Waals surface area contributed by atoms with E-state index in [-0.39, 0.29) is 36.0 Å². The van der Waals surface area contributed by atoms with Crippen molar-refractivity contribution in [3.8, 4) is 34.5 Å². The van der Waals surface area contributed by atoms with Crippen molar-refractivity contribution in [3.63, 3.8) is 0 Å². The van der Waals surface area contributed by atoms with E-state index >= 15 is 0 Å². The third-order valence-electron chi connectivity index (χ3n) is 17.4. The molecule has 16 heteroatoms. The zero-order valence-corrected chi connectivity index (χ0v) is 41.6.